The summed E-state index contributed by atoms with van der Waals surface area (Å²) in [5.74, 6) is 0.631. The second-order valence-electron chi connectivity index (χ2n) is 5.50. The summed E-state index contributed by atoms with van der Waals surface area (Å²) in [7, 11) is 1.51. The van der Waals surface area contributed by atoms with Gasteiger partial charge in [0.25, 0.3) is 0 Å². The number of carbonyl (C=O) groups excluding carboxylic acids is 1. The number of benzene rings is 2. The Morgan fingerprint density at radius 3 is 2.73 bits per heavy atom. The third-order valence-electron chi connectivity index (χ3n) is 3.60. The summed E-state index contributed by atoms with van der Waals surface area (Å²) in [4.78, 5) is 13.5. The van der Waals surface area contributed by atoms with Crippen molar-refractivity contribution in [1.29, 1.82) is 0 Å². The second-order valence-corrected chi connectivity index (χ2v) is 6.82. The van der Waals surface area contributed by atoms with Crippen LogP contribution in [0.2, 0.25) is 5.02 Å². The highest BCUT2D eigenvalue weighted by atomic mass is 79.9. The fraction of sp³-hybridized carbons (Fsp3) is 0.176. The van der Waals surface area contributed by atoms with Gasteiger partial charge >= 0.3 is 0 Å². The quantitative estimate of drug-likeness (QED) is 0.659. The van der Waals surface area contributed by atoms with Crippen molar-refractivity contribution in [2.45, 2.75) is 13.5 Å². The minimum absolute atomic E-state index is 0.0750. The molecule has 0 radical (unpaired) electrons. The number of tetrazole rings is 1. The summed E-state index contributed by atoms with van der Waals surface area (Å²) in [5.41, 5.74) is 2.18. The number of amides is 1. The minimum Gasteiger partial charge on any atom is -0.495 e. The lowest BCUT2D eigenvalue weighted by molar-refractivity contribution is -0.117. The molecule has 1 amide bonds. The molecular formula is C17H15BrClN5O2. The van der Waals surface area contributed by atoms with Gasteiger partial charge < -0.3 is 10.1 Å². The van der Waals surface area contributed by atoms with Gasteiger partial charge in [0.15, 0.2) is 0 Å². The van der Waals surface area contributed by atoms with E-state index < -0.39 is 0 Å². The highest BCUT2D eigenvalue weighted by Crippen LogP contribution is 2.30. The predicted molar refractivity (Wildman–Crippen MR) is 102 cm³/mol. The molecule has 3 aromatic rings. The van der Waals surface area contributed by atoms with Crippen molar-refractivity contribution in [1.82, 2.24) is 20.2 Å². The van der Waals surface area contributed by atoms with E-state index in [1.807, 2.05) is 31.2 Å². The average molecular weight is 437 g/mol. The number of anilines is 1. The summed E-state index contributed by atoms with van der Waals surface area (Å²) >= 11 is 9.45. The zero-order valence-corrected chi connectivity index (χ0v) is 16.4. The Morgan fingerprint density at radius 1 is 1.31 bits per heavy atom. The van der Waals surface area contributed by atoms with E-state index in [0.29, 0.717) is 22.3 Å². The summed E-state index contributed by atoms with van der Waals surface area (Å²) in [6.45, 7) is 1.77. The normalized spacial score (nSPS) is 10.6. The van der Waals surface area contributed by atoms with E-state index in [9.17, 15) is 4.79 Å². The predicted octanol–water partition coefficient (Wildman–Crippen LogP) is 3.71. The first-order valence-corrected chi connectivity index (χ1v) is 8.81. The second kappa shape index (κ2) is 7.84. The molecule has 3 rings (SSSR count). The zero-order valence-electron chi connectivity index (χ0n) is 14.0. The van der Waals surface area contributed by atoms with Gasteiger partial charge in [0.1, 0.15) is 12.3 Å². The molecule has 1 aromatic heterocycles. The Labute approximate surface area is 163 Å². The van der Waals surface area contributed by atoms with Gasteiger partial charge in [-0.15, -0.1) is 10.2 Å². The molecule has 2 aromatic carbocycles. The van der Waals surface area contributed by atoms with Crippen molar-refractivity contribution in [3.8, 4) is 17.1 Å². The standard InChI is InChI=1S/C17H15BrClN5O2/c1-10-7-14(15(26-2)8-13(10)19)20-16(25)9-24-22-17(21-23-24)11-3-5-12(18)6-4-11/h3-8H,9H2,1-2H3,(H,20,25). The highest BCUT2D eigenvalue weighted by Gasteiger charge is 2.13. The van der Waals surface area contributed by atoms with E-state index >= 15 is 0 Å². The molecule has 0 unspecified atom stereocenters. The third kappa shape index (κ3) is 4.20. The van der Waals surface area contributed by atoms with Crippen molar-refractivity contribution in [3.05, 3.63) is 51.5 Å². The Morgan fingerprint density at radius 2 is 2.04 bits per heavy atom. The Hall–Kier alpha value is -2.45. The van der Waals surface area contributed by atoms with Crippen LogP contribution in [0.4, 0.5) is 5.69 Å². The fourth-order valence-electron chi connectivity index (χ4n) is 2.27. The molecule has 0 saturated heterocycles. The van der Waals surface area contributed by atoms with E-state index in [1.54, 1.807) is 12.1 Å². The van der Waals surface area contributed by atoms with Gasteiger partial charge in [-0.25, -0.2) is 0 Å². The molecule has 0 saturated carbocycles. The smallest absolute Gasteiger partial charge is 0.248 e. The molecule has 9 heteroatoms. The molecule has 0 aliphatic heterocycles. The number of carbonyl (C=O) groups is 1. The molecular weight excluding hydrogens is 422 g/mol. The number of hydrogen-bond donors (Lipinski definition) is 1. The van der Waals surface area contributed by atoms with Crippen molar-refractivity contribution >= 4 is 39.1 Å². The lowest BCUT2D eigenvalue weighted by atomic mass is 10.2. The number of hydrogen-bond acceptors (Lipinski definition) is 5. The Kier molecular flexibility index (Phi) is 5.53. The first-order chi connectivity index (χ1) is 12.5. The van der Waals surface area contributed by atoms with Crippen LogP contribution in [0.15, 0.2) is 40.9 Å². The summed E-state index contributed by atoms with van der Waals surface area (Å²) in [6.07, 6.45) is 0. The van der Waals surface area contributed by atoms with Gasteiger partial charge in [0, 0.05) is 21.1 Å². The lowest BCUT2D eigenvalue weighted by Crippen LogP contribution is -2.21. The highest BCUT2D eigenvalue weighted by molar-refractivity contribution is 9.10. The molecule has 0 bridgehead atoms. The van der Waals surface area contributed by atoms with E-state index in [2.05, 4.69) is 36.7 Å². The van der Waals surface area contributed by atoms with Gasteiger partial charge in [-0.1, -0.05) is 27.5 Å². The van der Waals surface area contributed by atoms with Crippen LogP contribution >= 0.6 is 27.5 Å². The molecule has 0 fully saturated rings. The molecule has 134 valence electrons. The Balaban J connectivity index is 1.71. The van der Waals surface area contributed by atoms with Gasteiger partial charge in [0.2, 0.25) is 11.7 Å². The number of rotatable bonds is 5. The minimum atomic E-state index is -0.301. The van der Waals surface area contributed by atoms with Crippen molar-refractivity contribution in [3.63, 3.8) is 0 Å². The largest absolute Gasteiger partial charge is 0.495 e. The first kappa shape index (κ1) is 18.3. The number of methoxy groups -OCH3 is 1. The number of aromatic nitrogens is 4. The van der Waals surface area contributed by atoms with Gasteiger partial charge in [-0.05, 0) is 48.0 Å². The van der Waals surface area contributed by atoms with E-state index in [1.165, 1.54) is 11.9 Å². The van der Waals surface area contributed by atoms with E-state index in [-0.39, 0.29) is 12.5 Å². The maximum Gasteiger partial charge on any atom is 0.248 e. The van der Waals surface area contributed by atoms with Gasteiger partial charge in [-0.3, -0.25) is 4.79 Å². The van der Waals surface area contributed by atoms with Crippen LogP contribution in [0.25, 0.3) is 11.4 Å². The number of aryl methyl sites for hydroxylation is 1. The summed E-state index contributed by atoms with van der Waals surface area (Å²) in [6, 6.07) is 10.9. The molecule has 0 aliphatic rings. The van der Waals surface area contributed by atoms with Crippen LogP contribution in [0.1, 0.15) is 5.56 Å². The van der Waals surface area contributed by atoms with Crippen molar-refractivity contribution in [2.24, 2.45) is 0 Å². The fourth-order valence-corrected chi connectivity index (χ4v) is 2.69. The zero-order chi connectivity index (χ0) is 18.7. The number of nitrogens with one attached hydrogen (secondary N) is 1. The molecule has 0 spiro atoms. The number of halogens is 2. The summed E-state index contributed by atoms with van der Waals surface area (Å²) < 4.78 is 6.21. The topological polar surface area (TPSA) is 81.9 Å². The lowest BCUT2D eigenvalue weighted by Gasteiger charge is -2.11. The van der Waals surface area contributed by atoms with Crippen molar-refractivity contribution < 1.29 is 9.53 Å². The van der Waals surface area contributed by atoms with Gasteiger partial charge in [0.05, 0.1) is 12.8 Å². The van der Waals surface area contributed by atoms with Gasteiger partial charge in [-0.2, -0.15) is 4.80 Å². The molecule has 0 atom stereocenters. The molecule has 1 heterocycles. The third-order valence-corrected chi connectivity index (χ3v) is 4.53. The first-order valence-electron chi connectivity index (χ1n) is 7.64. The van der Waals surface area contributed by atoms with Crippen LogP contribution in [0, 0.1) is 6.92 Å². The maximum atomic E-state index is 12.3. The Bertz CT molecular complexity index is 943. The number of ether oxygens (including phenoxy) is 1. The van der Waals surface area contributed by atoms with Crippen LogP contribution in [0.5, 0.6) is 5.75 Å². The monoisotopic (exact) mass is 435 g/mol. The molecule has 1 N–H and O–H groups in total. The van der Waals surface area contributed by atoms with Crippen molar-refractivity contribution in [2.75, 3.05) is 12.4 Å². The molecule has 7 nitrogen and oxygen atoms in total. The number of nitrogens with zero attached hydrogens (tertiary/aromatic N) is 4. The SMILES string of the molecule is COc1cc(Cl)c(C)cc1NC(=O)Cn1nnc(-c2ccc(Br)cc2)n1. The van der Waals surface area contributed by atoms with Crippen LogP contribution in [0.3, 0.4) is 0 Å². The average Bonchev–Trinajstić information content (AvgIpc) is 3.06. The van der Waals surface area contributed by atoms with E-state index in [0.717, 1.165) is 15.6 Å². The summed E-state index contributed by atoms with van der Waals surface area (Å²) in [5, 5.41) is 15.5. The van der Waals surface area contributed by atoms with Crippen LogP contribution in [-0.4, -0.2) is 33.2 Å². The molecule has 0 aliphatic carbocycles. The maximum absolute atomic E-state index is 12.3. The van der Waals surface area contributed by atoms with Crippen LogP contribution < -0.4 is 10.1 Å². The molecule has 26 heavy (non-hydrogen) atoms. The van der Waals surface area contributed by atoms with Crippen LogP contribution in [-0.2, 0) is 11.3 Å². The van der Waals surface area contributed by atoms with E-state index in [4.69, 9.17) is 16.3 Å².